The first-order valence-corrected chi connectivity index (χ1v) is 7.67. The first-order valence-electron chi connectivity index (χ1n) is 7.29. The molecule has 3 rings (SSSR count). The van der Waals surface area contributed by atoms with Gasteiger partial charge in [0.05, 0.1) is 5.69 Å². The van der Waals surface area contributed by atoms with E-state index in [-0.39, 0.29) is 12.5 Å². The van der Waals surface area contributed by atoms with E-state index in [9.17, 15) is 4.79 Å². The van der Waals surface area contributed by atoms with Gasteiger partial charge in [0, 0.05) is 10.6 Å². The van der Waals surface area contributed by atoms with Crippen LogP contribution in [0.2, 0.25) is 5.02 Å². The first kappa shape index (κ1) is 14.9. The molecule has 0 spiro atoms. The molecule has 0 saturated carbocycles. The number of anilines is 1. The molecule has 6 heteroatoms. The van der Waals surface area contributed by atoms with Gasteiger partial charge in [-0.25, -0.2) is 0 Å². The Balaban J connectivity index is 1.60. The Kier molecular flexibility index (Phi) is 4.34. The van der Waals surface area contributed by atoms with Crippen LogP contribution in [0.4, 0.5) is 5.88 Å². The first-order chi connectivity index (χ1) is 10.6. The molecule has 1 aromatic carbocycles. The van der Waals surface area contributed by atoms with Crippen LogP contribution in [-0.2, 0) is 17.6 Å². The molecule has 0 fully saturated rings. The summed E-state index contributed by atoms with van der Waals surface area (Å²) in [5, 5.41) is 7.38. The summed E-state index contributed by atoms with van der Waals surface area (Å²) in [4.78, 5) is 12.0. The smallest absolute Gasteiger partial charge is 0.264 e. The number of hydrogen-bond donors (Lipinski definition) is 1. The molecule has 1 aromatic heterocycles. The Morgan fingerprint density at radius 3 is 3.05 bits per heavy atom. The molecule has 1 aliphatic rings. The molecular weight excluding hydrogens is 304 g/mol. The third kappa shape index (κ3) is 3.25. The third-order valence-electron chi connectivity index (χ3n) is 3.71. The fraction of sp³-hybridized carbons (Fsp3) is 0.375. The third-order valence-corrected chi connectivity index (χ3v) is 3.94. The van der Waals surface area contributed by atoms with E-state index in [1.54, 1.807) is 18.2 Å². The standard InChI is InChI=1S/C16H17ClN2O3/c1-10-8-11(17)6-7-14(10)21-9-15(20)18-16-12-4-2-3-5-13(12)19-22-16/h6-8H,2-5,9H2,1H3,(H,18,20). The van der Waals surface area contributed by atoms with Crippen LogP contribution in [0.1, 0.15) is 29.7 Å². The zero-order chi connectivity index (χ0) is 15.5. The Labute approximate surface area is 133 Å². The fourth-order valence-electron chi connectivity index (χ4n) is 2.57. The van der Waals surface area contributed by atoms with E-state index in [1.807, 2.05) is 6.92 Å². The van der Waals surface area contributed by atoms with Crippen LogP contribution in [-0.4, -0.2) is 17.7 Å². The number of hydrogen-bond acceptors (Lipinski definition) is 4. The van der Waals surface area contributed by atoms with Crippen LogP contribution in [0, 0.1) is 6.92 Å². The van der Waals surface area contributed by atoms with Crippen molar-refractivity contribution in [1.29, 1.82) is 0 Å². The summed E-state index contributed by atoms with van der Waals surface area (Å²) in [5.41, 5.74) is 2.86. The van der Waals surface area contributed by atoms with E-state index in [2.05, 4.69) is 10.5 Å². The molecule has 1 amide bonds. The predicted molar refractivity (Wildman–Crippen MR) is 83.5 cm³/mol. The van der Waals surface area contributed by atoms with Crippen molar-refractivity contribution in [1.82, 2.24) is 5.16 Å². The van der Waals surface area contributed by atoms with Gasteiger partial charge >= 0.3 is 0 Å². The second-order valence-electron chi connectivity index (χ2n) is 5.39. The molecule has 1 heterocycles. The van der Waals surface area contributed by atoms with E-state index in [0.717, 1.165) is 42.5 Å². The number of benzene rings is 1. The van der Waals surface area contributed by atoms with Gasteiger partial charge in [-0.3, -0.25) is 10.1 Å². The molecular formula is C16H17ClN2O3. The average molecular weight is 321 g/mol. The minimum Gasteiger partial charge on any atom is -0.483 e. The number of aryl methyl sites for hydroxylation is 2. The largest absolute Gasteiger partial charge is 0.483 e. The Hall–Kier alpha value is -2.01. The topological polar surface area (TPSA) is 64.4 Å². The van der Waals surface area contributed by atoms with Gasteiger partial charge in [-0.15, -0.1) is 0 Å². The van der Waals surface area contributed by atoms with Gasteiger partial charge in [0.25, 0.3) is 5.91 Å². The Morgan fingerprint density at radius 2 is 2.23 bits per heavy atom. The average Bonchev–Trinajstić information content (AvgIpc) is 2.90. The van der Waals surface area contributed by atoms with Gasteiger partial charge in [0.15, 0.2) is 6.61 Å². The van der Waals surface area contributed by atoms with Gasteiger partial charge in [-0.05, 0) is 56.4 Å². The summed E-state index contributed by atoms with van der Waals surface area (Å²) in [6.07, 6.45) is 4.02. The minimum atomic E-state index is -0.265. The monoisotopic (exact) mass is 320 g/mol. The van der Waals surface area contributed by atoms with Crippen molar-refractivity contribution in [3.8, 4) is 5.75 Å². The summed E-state index contributed by atoms with van der Waals surface area (Å²) >= 11 is 5.89. The molecule has 0 bridgehead atoms. The maximum Gasteiger partial charge on any atom is 0.264 e. The Morgan fingerprint density at radius 1 is 1.41 bits per heavy atom. The second-order valence-corrected chi connectivity index (χ2v) is 5.83. The van der Waals surface area contributed by atoms with E-state index in [1.165, 1.54) is 0 Å². The van der Waals surface area contributed by atoms with Crippen LogP contribution in [0.3, 0.4) is 0 Å². The van der Waals surface area contributed by atoms with E-state index >= 15 is 0 Å². The van der Waals surface area contributed by atoms with Crippen molar-refractivity contribution in [2.24, 2.45) is 0 Å². The van der Waals surface area contributed by atoms with Crippen LogP contribution in [0.15, 0.2) is 22.7 Å². The molecule has 0 unspecified atom stereocenters. The molecule has 0 radical (unpaired) electrons. The van der Waals surface area contributed by atoms with Crippen molar-refractivity contribution in [3.05, 3.63) is 40.0 Å². The fourth-order valence-corrected chi connectivity index (χ4v) is 2.80. The molecule has 1 aliphatic carbocycles. The molecule has 22 heavy (non-hydrogen) atoms. The van der Waals surface area contributed by atoms with Crippen molar-refractivity contribution < 1.29 is 14.1 Å². The van der Waals surface area contributed by atoms with Gasteiger partial charge in [-0.2, -0.15) is 0 Å². The van der Waals surface area contributed by atoms with Gasteiger partial charge in [0.1, 0.15) is 5.75 Å². The van der Waals surface area contributed by atoms with Gasteiger partial charge < -0.3 is 9.26 Å². The highest BCUT2D eigenvalue weighted by Gasteiger charge is 2.20. The van der Waals surface area contributed by atoms with Crippen molar-refractivity contribution >= 4 is 23.4 Å². The number of ether oxygens (including phenoxy) is 1. The zero-order valence-corrected chi connectivity index (χ0v) is 13.1. The molecule has 116 valence electrons. The normalized spacial score (nSPS) is 13.5. The summed E-state index contributed by atoms with van der Waals surface area (Å²) in [6.45, 7) is 1.80. The molecule has 1 N–H and O–H groups in total. The molecule has 2 aromatic rings. The van der Waals surface area contributed by atoms with Gasteiger partial charge in [-0.1, -0.05) is 16.8 Å². The number of amides is 1. The lowest BCUT2D eigenvalue weighted by Crippen LogP contribution is -2.21. The van der Waals surface area contributed by atoms with Crippen molar-refractivity contribution in [2.45, 2.75) is 32.6 Å². The number of nitrogens with zero attached hydrogens (tertiary/aromatic N) is 1. The highest BCUT2D eigenvalue weighted by molar-refractivity contribution is 6.30. The Bertz CT molecular complexity index is 697. The summed E-state index contributed by atoms with van der Waals surface area (Å²) < 4.78 is 10.7. The predicted octanol–water partition coefficient (Wildman–Crippen LogP) is 3.53. The lowest BCUT2D eigenvalue weighted by atomic mass is 9.98. The summed E-state index contributed by atoms with van der Waals surface area (Å²) in [5.74, 6) is 0.828. The highest BCUT2D eigenvalue weighted by atomic mass is 35.5. The van der Waals surface area contributed by atoms with Crippen LogP contribution < -0.4 is 10.1 Å². The van der Waals surface area contributed by atoms with Crippen molar-refractivity contribution in [3.63, 3.8) is 0 Å². The minimum absolute atomic E-state index is 0.0854. The van der Waals surface area contributed by atoms with Crippen LogP contribution in [0.5, 0.6) is 5.75 Å². The number of carbonyl (C=O) groups is 1. The van der Waals surface area contributed by atoms with Crippen LogP contribution in [0.25, 0.3) is 0 Å². The quantitative estimate of drug-likeness (QED) is 0.936. The molecule has 5 nitrogen and oxygen atoms in total. The van der Waals surface area contributed by atoms with Gasteiger partial charge in [0.2, 0.25) is 5.88 Å². The zero-order valence-electron chi connectivity index (χ0n) is 12.3. The number of aromatic nitrogens is 1. The number of fused-ring (bicyclic) bond motifs is 1. The van der Waals surface area contributed by atoms with E-state index in [4.69, 9.17) is 20.9 Å². The van der Waals surface area contributed by atoms with Crippen molar-refractivity contribution in [2.75, 3.05) is 11.9 Å². The number of halogens is 1. The number of carbonyl (C=O) groups excluding carboxylic acids is 1. The SMILES string of the molecule is Cc1cc(Cl)ccc1OCC(=O)Nc1onc2c1CCCC2. The maximum atomic E-state index is 12.0. The lowest BCUT2D eigenvalue weighted by Gasteiger charge is -2.11. The highest BCUT2D eigenvalue weighted by Crippen LogP contribution is 2.27. The lowest BCUT2D eigenvalue weighted by molar-refractivity contribution is -0.118. The summed E-state index contributed by atoms with van der Waals surface area (Å²) in [7, 11) is 0. The van der Waals surface area contributed by atoms with E-state index < -0.39 is 0 Å². The molecule has 0 saturated heterocycles. The molecule has 0 aliphatic heterocycles. The summed E-state index contributed by atoms with van der Waals surface area (Å²) in [6, 6.07) is 5.28. The maximum absolute atomic E-state index is 12.0. The number of rotatable bonds is 4. The molecule has 0 atom stereocenters. The van der Waals surface area contributed by atoms with Crippen LogP contribution >= 0.6 is 11.6 Å². The van der Waals surface area contributed by atoms with E-state index in [0.29, 0.717) is 16.7 Å². The number of nitrogens with one attached hydrogen (secondary N) is 1. The second kappa shape index (κ2) is 6.40.